The first-order chi connectivity index (χ1) is 7.80. The molecule has 17 heavy (non-hydrogen) atoms. The minimum atomic E-state index is -3.84. The molecule has 0 aliphatic rings. The van der Waals surface area contributed by atoms with Crippen LogP contribution in [-0.4, -0.2) is 46.9 Å². The fraction of sp³-hybridized carbons (Fsp3) is 0.556. The van der Waals surface area contributed by atoms with Gasteiger partial charge in [-0.2, -0.15) is 4.31 Å². The minimum Gasteiger partial charge on any atom is -0.480 e. The molecular formula is C9H15N3O4S. The summed E-state index contributed by atoms with van der Waals surface area (Å²) in [7, 11) is -2.62. The number of hydrogen-bond donors (Lipinski definition) is 2. The Kier molecular flexibility index (Phi) is 3.89. The number of carbonyl (C=O) groups is 1. The highest BCUT2D eigenvalue weighted by Crippen LogP contribution is 2.14. The normalized spacial score (nSPS) is 13.9. The summed E-state index contributed by atoms with van der Waals surface area (Å²) in [5.41, 5.74) is 0. The molecule has 0 saturated heterocycles. The summed E-state index contributed by atoms with van der Waals surface area (Å²) in [6, 6.07) is -1.13. The van der Waals surface area contributed by atoms with Crippen LogP contribution in [0, 0.1) is 0 Å². The summed E-state index contributed by atoms with van der Waals surface area (Å²) in [6.07, 6.45) is 1.77. The third-order valence-corrected chi connectivity index (χ3v) is 4.34. The van der Waals surface area contributed by atoms with Crippen molar-refractivity contribution in [1.82, 2.24) is 14.3 Å². The van der Waals surface area contributed by atoms with E-state index in [1.807, 2.05) is 6.92 Å². The second kappa shape index (κ2) is 4.84. The molecule has 7 nitrogen and oxygen atoms in total. The number of H-pyrrole nitrogens is 1. The van der Waals surface area contributed by atoms with Gasteiger partial charge in [-0.15, -0.1) is 0 Å². The molecule has 0 aromatic carbocycles. The Morgan fingerprint density at radius 1 is 1.65 bits per heavy atom. The Bertz CT molecular complexity index is 508. The number of sulfonamides is 1. The van der Waals surface area contributed by atoms with Crippen molar-refractivity contribution in [3.63, 3.8) is 0 Å². The van der Waals surface area contributed by atoms with E-state index in [2.05, 4.69) is 9.97 Å². The van der Waals surface area contributed by atoms with Crippen LogP contribution in [0.1, 0.15) is 19.7 Å². The van der Waals surface area contributed by atoms with E-state index in [1.165, 1.54) is 20.2 Å². The van der Waals surface area contributed by atoms with Gasteiger partial charge in [-0.1, -0.05) is 6.92 Å². The number of likely N-dealkylation sites (N-methyl/N-ethyl adjacent to an activating group) is 1. The van der Waals surface area contributed by atoms with Crippen molar-refractivity contribution in [2.75, 3.05) is 7.05 Å². The van der Waals surface area contributed by atoms with Crippen LogP contribution in [0.5, 0.6) is 0 Å². The third kappa shape index (κ3) is 2.64. The van der Waals surface area contributed by atoms with Crippen molar-refractivity contribution in [3.8, 4) is 0 Å². The molecule has 8 heteroatoms. The number of hydrogen-bond acceptors (Lipinski definition) is 4. The van der Waals surface area contributed by atoms with E-state index in [1.54, 1.807) is 0 Å². The first kappa shape index (κ1) is 13.7. The van der Waals surface area contributed by atoms with E-state index in [-0.39, 0.29) is 5.03 Å². The lowest BCUT2D eigenvalue weighted by atomic mass is 10.4. The highest BCUT2D eigenvalue weighted by Gasteiger charge is 2.30. The maximum Gasteiger partial charge on any atom is 0.321 e. The third-order valence-electron chi connectivity index (χ3n) is 2.50. The molecule has 0 spiro atoms. The van der Waals surface area contributed by atoms with Crippen LogP contribution in [0.3, 0.4) is 0 Å². The van der Waals surface area contributed by atoms with Crippen LogP contribution in [0.4, 0.5) is 0 Å². The predicted octanol–water partition coefficient (Wildman–Crippen LogP) is 0.0657. The number of carboxylic acids is 1. The van der Waals surface area contributed by atoms with Gasteiger partial charge in [0.15, 0.2) is 5.03 Å². The lowest BCUT2D eigenvalue weighted by molar-refractivity contribution is -0.140. The highest BCUT2D eigenvalue weighted by atomic mass is 32.2. The second-order valence-corrected chi connectivity index (χ2v) is 5.55. The molecule has 0 bridgehead atoms. The van der Waals surface area contributed by atoms with Gasteiger partial charge in [0, 0.05) is 13.5 Å². The van der Waals surface area contributed by atoms with Crippen molar-refractivity contribution in [2.24, 2.45) is 0 Å². The highest BCUT2D eigenvalue weighted by molar-refractivity contribution is 7.89. The number of nitrogens with one attached hydrogen (secondary N) is 1. The Labute approximate surface area is 99.5 Å². The molecule has 96 valence electrons. The fourth-order valence-electron chi connectivity index (χ4n) is 1.17. The van der Waals surface area contributed by atoms with Crippen molar-refractivity contribution in [1.29, 1.82) is 0 Å². The van der Waals surface area contributed by atoms with Gasteiger partial charge in [-0.05, 0) is 6.92 Å². The summed E-state index contributed by atoms with van der Waals surface area (Å²) in [4.78, 5) is 17.3. The Morgan fingerprint density at radius 2 is 2.24 bits per heavy atom. The number of imidazole rings is 1. The predicted molar refractivity (Wildman–Crippen MR) is 60.0 cm³/mol. The van der Waals surface area contributed by atoms with E-state index in [0.29, 0.717) is 12.2 Å². The lowest BCUT2D eigenvalue weighted by Gasteiger charge is -2.19. The van der Waals surface area contributed by atoms with Gasteiger partial charge in [-0.25, -0.2) is 13.4 Å². The Hall–Kier alpha value is -1.41. The zero-order chi connectivity index (χ0) is 13.2. The topological polar surface area (TPSA) is 103 Å². The zero-order valence-corrected chi connectivity index (χ0v) is 10.7. The van der Waals surface area contributed by atoms with Crippen LogP contribution in [0.25, 0.3) is 0 Å². The summed E-state index contributed by atoms with van der Waals surface area (Å²) < 4.78 is 24.8. The monoisotopic (exact) mass is 261 g/mol. The van der Waals surface area contributed by atoms with Crippen LogP contribution in [0.15, 0.2) is 11.2 Å². The van der Waals surface area contributed by atoms with Crippen molar-refractivity contribution >= 4 is 16.0 Å². The fourth-order valence-corrected chi connectivity index (χ4v) is 2.42. The molecule has 1 heterocycles. The van der Waals surface area contributed by atoms with Gasteiger partial charge in [0.25, 0.3) is 10.0 Å². The number of aryl methyl sites for hydroxylation is 1. The van der Waals surface area contributed by atoms with E-state index in [0.717, 1.165) is 4.31 Å². The largest absolute Gasteiger partial charge is 0.480 e. The lowest BCUT2D eigenvalue weighted by Crippen LogP contribution is -2.40. The van der Waals surface area contributed by atoms with Crippen molar-refractivity contribution in [2.45, 2.75) is 31.3 Å². The average molecular weight is 261 g/mol. The molecule has 2 N–H and O–H groups in total. The second-order valence-electron chi connectivity index (χ2n) is 3.58. The van der Waals surface area contributed by atoms with Gasteiger partial charge in [0.05, 0.1) is 6.20 Å². The number of aromatic nitrogens is 2. The average Bonchev–Trinajstić information content (AvgIpc) is 2.75. The Balaban J connectivity index is 3.06. The molecule has 0 fully saturated rings. The molecular weight excluding hydrogens is 246 g/mol. The van der Waals surface area contributed by atoms with Gasteiger partial charge in [0.1, 0.15) is 11.9 Å². The van der Waals surface area contributed by atoms with E-state index in [9.17, 15) is 13.2 Å². The number of nitrogens with zero attached hydrogens (tertiary/aromatic N) is 2. The SMILES string of the molecule is CCc1ncc(S(=O)(=O)N(C)C(C)C(=O)O)[nH]1. The molecule has 1 aromatic heterocycles. The molecule has 1 atom stereocenters. The van der Waals surface area contributed by atoms with Gasteiger partial charge in [0.2, 0.25) is 0 Å². The smallest absolute Gasteiger partial charge is 0.321 e. The first-order valence-electron chi connectivity index (χ1n) is 5.05. The van der Waals surface area contributed by atoms with Crippen molar-refractivity contribution < 1.29 is 18.3 Å². The van der Waals surface area contributed by atoms with E-state index in [4.69, 9.17) is 5.11 Å². The zero-order valence-electron chi connectivity index (χ0n) is 9.84. The summed E-state index contributed by atoms with van der Waals surface area (Å²) in [5, 5.41) is 8.69. The maximum atomic E-state index is 12.0. The van der Waals surface area contributed by atoms with Crippen LogP contribution in [-0.2, 0) is 21.2 Å². The standard InChI is InChI=1S/C9H15N3O4S/c1-4-7-10-5-8(11-7)17(15,16)12(3)6(2)9(13)14/h5-6H,4H2,1-3H3,(H,10,11)(H,13,14). The molecule has 0 aliphatic carbocycles. The summed E-state index contributed by atoms with van der Waals surface area (Å²) in [6.45, 7) is 3.13. The molecule has 0 saturated carbocycles. The van der Waals surface area contributed by atoms with E-state index >= 15 is 0 Å². The van der Waals surface area contributed by atoms with Gasteiger partial charge in [-0.3, -0.25) is 4.79 Å². The number of carboxylic acid groups (broad SMARTS) is 1. The number of aromatic amines is 1. The minimum absolute atomic E-state index is 0.0926. The molecule has 0 aliphatic heterocycles. The summed E-state index contributed by atoms with van der Waals surface area (Å²) in [5.74, 6) is -0.661. The van der Waals surface area contributed by atoms with Crippen LogP contribution >= 0.6 is 0 Å². The van der Waals surface area contributed by atoms with Crippen molar-refractivity contribution in [3.05, 3.63) is 12.0 Å². The molecule has 0 radical (unpaired) electrons. The first-order valence-corrected chi connectivity index (χ1v) is 6.49. The number of rotatable bonds is 5. The molecule has 1 aromatic rings. The molecule has 1 rings (SSSR count). The summed E-state index contributed by atoms with van der Waals surface area (Å²) >= 11 is 0. The molecule has 0 amide bonds. The van der Waals surface area contributed by atoms with Gasteiger partial charge < -0.3 is 10.1 Å². The van der Waals surface area contributed by atoms with E-state index < -0.39 is 22.0 Å². The van der Waals surface area contributed by atoms with Crippen LogP contribution in [0.2, 0.25) is 0 Å². The van der Waals surface area contributed by atoms with Crippen LogP contribution < -0.4 is 0 Å². The Morgan fingerprint density at radius 3 is 2.65 bits per heavy atom. The maximum absolute atomic E-state index is 12.0. The quantitative estimate of drug-likeness (QED) is 0.780. The molecule has 1 unspecified atom stereocenters. The number of aliphatic carboxylic acids is 1. The van der Waals surface area contributed by atoms with Gasteiger partial charge >= 0.3 is 5.97 Å².